The summed E-state index contributed by atoms with van der Waals surface area (Å²) < 4.78 is 88.0. The fourth-order valence-electron chi connectivity index (χ4n) is 9.21. The molecule has 3 aliphatic carbocycles. The van der Waals surface area contributed by atoms with Crippen molar-refractivity contribution in [2.24, 2.45) is 28.6 Å². The maximum Gasteiger partial charge on any atom is 0.251 e. The zero-order valence-corrected chi connectivity index (χ0v) is 37.3. The van der Waals surface area contributed by atoms with Crippen molar-refractivity contribution in [3.63, 3.8) is 0 Å². The molecule has 61 heavy (non-hydrogen) atoms. The number of hydrogen-bond donors (Lipinski definition) is 3. The van der Waals surface area contributed by atoms with Crippen LogP contribution in [0, 0.1) is 63.9 Å². The number of aliphatic hydroxyl groups is 1. The monoisotopic (exact) mass is 880 g/mol. The Morgan fingerprint density at radius 1 is 0.820 bits per heavy atom. The summed E-state index contributed by atoms with van der Waals surface area (Å²) in [5.74, 6) is 10.6. The lowest BCUT2D eigenvalue weighted by Gasteiger charge is -2.30. The molecule has 2 aliphatic heterocycles. The molecule has 7 rings (SSSR count). The molecule has 3 saturated carbocycles. The minimum Gasteiger partial charge on any atom is -0.383 e. The Morgan fingerprint density at radius 2 is 1.33 bits per heavy atom. The number of benzene rings is 2. The van der Waals surface area contributed by atoms with Crippen LogP contribution in [-0.4, -0.2) is 98.4 Å². The van der Waals surface area contributed by atoms with E-state index in [9.17, 15) is 31.5 Å². The highest BCUT2D eigenvalue weighted by Gasteiger charge is 2.63. The van der Waals surface area contributed by atoms with E-state index in [4.69, 9.17) is 0 Å². The summed E-state index contributed by atoms with van der Waals surface area (Å²) in [5.41, 5.74) is 0.591. The van der Waals surface area contributed by atoms with Gasteiger partial charge in [-0.2, -0.15) is 0 Å². The van der Waals surface area contributed by atoms with Gasteiger partial charge >= 0.3 is 0 Å². The molecule has 5 fully saturated rings. The Balaban J connectivity index is 1.04. The van der Waals surface area contributed by atoms with Gasteiger partial charge in [-0.25, -0.2) is 35.1 Å². The van der Waals surface area contributed by atoms with E-state index in [1.807, 2.05) is 6.92 Å². The number of nitrogens with one attached hydrogen (secondary N) is 2. The molecule has 0 spiro atoms. The molecule has 9 atom stereocenters. The minimum absolute atomic E-state index is 0.0239. The molecule has 0 aromatic heterocycles. The van der Waals surface area contributed by atoms with Crippen LogP contribution in [0.25, 0.3) is 0 Å². The molecule has 2 amide bonds. The summed E-state index contributed by atoms with van der Waals surface area (Å²) in [6, 6.07) is 7.43. The lowest BCUT2D eigenvalue weighted by Crippen LogP contribution is -2.50. The standard InChI is InChI=1S/C46H58F2N4O7S2/c1-6-40(53)44(55)52-24-18-37(50-61(58,59)8-3)39(52)26-32-14-10-12-30(42(32)48)16-20-46(5)28-35(46)33-27-34(33)43(54)51-23-17-36(49-60(56,57)7-2)38(51)25-31-13-9-11-29(41(31)47)15-19-45(4)21-22-45/h9-14,33-40,49-50,53H,6-8,17-18,21-28H2,1-5H3/t33?,34?,35?,36?,37?,38?,39?,40-,46?/m1/s1. The average molecular weight is 881 g/mol. The van der Waals surface area contributed by atoms with Crippen molar-refractivity contribution in [2.75, 3.05) is 24.6 Å². The van der Waals surface area contributed by atoms with Crippen LogP contribution in [0.2, 0.25) is 0 Å². The SMILES string of the molecule is CC[C@@H](O)C(=O)N1CCC(NS(=O)(=O)CC)C1Cc1cccc(C#CC2(C)CC2C2CC2C(=O)N2CCC(NS(=O)(=O)CC)C2Cc2cccc(C#CC3(C)CC3)c2F)c1F. The van der Waals surface area contributed by atoms with E-state index in [1.54, 1.807) is 55.1 Å². The molecule has 8 unspecified atom stereocenters. The predicted octanol–water partition coefficient (Wildman–Crippen LogP) is 4.50. The van der Waals surface area contributed by atoms with Gasteiger partial charge in [0, 0.05) is 41.9 Å². The minimum atomic E-state index is -3.63. The van der Waals surface area contributed by atoms with Gasteiger partial charge in [-0.3, -0.25) is 9.59 Å². The number of sulfonamides is 2. The van der Waals surface area contributed by atoms with Crippen molar-refractivity contribution in [1.82, 2.24) is 19.2 Å². The van der Waals surface area contributed by atoms with Crippen LogP contribution in [-0.2, 0) is 42.5 Å². The molecule has 0 radical (unpaired) electrons. The highest BCUT2D eigenvalue weighted by Crippen LogP contribution is 2.65. The number of rotatable bonds is 14. The first-order chi connectivity index (χ1) is 28.8. The number of nitrogens with zero attached hydrogens (tertiary/aromatic N) is 2. The summed E-state index contributed by atoms with van der Waals surface area (Å²) in [5, 5.41) is 10.3. The highest BCUT2D eigenvalue weighted by atomic mass is 32.2. The molecule has 330 valence electrons. The molecular weight excluding hydrogens is 823 g/mol. The van der Waals surface area contributed by atoms with Gasteiger partial charge < -0.3 is 14.9 Å². The number of aliphatic hydroxyl groups excluding tert-OH is 1. The molecule has 0 bridgehead atoms. The van der Waals surface area contributed by atoms with Crippen LogP contribution in [0.1, 0.15) is 102 Å². The second kappa shape index (κ2) is 17.4. The second-order valence-corrected chi connectivity index (χ2v) is 22.3. The van der Waals surface area contributed by atoms with Crippen LogP contribution >= 0.6 is 0 Å². The maximum atomic E-state index is 16.2. The number of carbonyl (C=O) groups is 2. The molecule has 11 nitrogen and oxygen atoms in total. The van der Waals surface area contributed by atoms with Gasteiger partial charge in [-0.1, -0.05) is 54.9 Å². The van der Waals surface area contributed by atoms with Gasteiger partial charge in [0.25, 0.3) is 5.91 Å². The number of likely N-dealkylation sites (tertiary alicyclic amines) is 2. The highest BCUT2D eigenvalue weighted by molar-refractivity contribution is 7.89. The molecule has 2 heterocycles. The van der Waals surface area contributed by atoms with Gasteiger partial charge in [0.2, 0.25) is 26.0 Å². The van der Waals surface area contributed by atoms with Crippen LogP contribution in [0.15, 0.2) is 36.4 Å². The Kier molecular flexibility index (Phi) is 12.9. The fourth-order valence-corrected chi connectivity index (χ4v) is 11.0. The van der Waals surface area contributed by atoms with E-state index in [1.165, 1.54) is 11.8 Å². The Morgan fingerprint density at radius 3 is 1.84 bits per heavy atom. The third kappa shape index (κ3) is 10.0. The van der Waals surface area contributed by atoms with Gasteiger partial charge in [-0.15, -0.1) is 0 Å². The lowest BCUT2D eigenvalue weighted by molar-refractivity contribution is -0.141. The maximum absolute atomic E-state index is 16.2. The molecule has 15 heteroatoms. The summed E-state index contributed by atoms with van der Waals surface area (Å²) in [6.45, 7) is 9.37. The van der Waals surface area contributed by atoms with Crippen molar-refractivity contribution in [2.45, 2.75) is 123 Å². The molecule has 3 N–H and O–H groups in total. The topological polar surface area (TPSA) is 153 Å². The van der Waals surface area contributed by atoms with Gasteiger partial charge in [0.1, 0.15) is 17.7 Å². The third-order valence-corrected chi connectivity index (χ3v) is 16.6. The summed E-state index contributed by atoms with van der Waals surface area (Å²) in [4.78, 5) is 30.5. The van der Waals surface area contributed by atoms with Crippen molar-refractivity contribution in [1.29, 1.82) is 0 Å². The molecule has 2 saturated heterocycles. The van der Waals surface area contributed by atoms with E-state index >= 15 is 8.78 Å². The normalized spacial score (nSPS) is 29.3. The quantitative estimate of drug-likeness (QED) is 0.237. The number of carbonyl (C=O) groups excluding carboxylic acids is 2. The van der Waals surface area contributed by atoms with Crippen LogP contribution < -0.4 is 9.44 Å². The molecule has 2 aromatic rings. The van der Waals surface area contributed by atoms with Crippen molar-refractivity contribution in [3.05, 3.63) is 70.3 Å². The van der Waals surface area contributed by atoms with E-state index in [0.717, 1.165) is 19.3 Å². The molecular formula is C46H58F2N4O7S2. The summed E-state index contributed by atoms with van der Waals surface area (Å²) in [6.07, 6.45) is 3.20. The van der Waals surface area contributed by atoms with E-state index in [0.29, 0.717) is 36.9 Å². The Bertz CT molecular complexity index is 2400. The van der Waals surface area contributed by atoms with Gasteiger partial charge in [-0.05, 0) is 121 Å². The predicted molar refractivity (Wildman–Crippen MR) is 228 cm³/mol. The molecule has 2 aromatic carbocycles. The van der Waals surface area contributed by atoms with Crippen LogP contribution in [0.4, 0.5) is 8.78 Å². The average Bonchev–Trinajstić information content (AvgIpc) is 4.19. The Hall–Kier alpha value is -3.86. The van der Waals surface area contributed by atoms with Crippen molar-refractivity contribution >= 4 is 31.9 Å². The van der Waals surface area contributed by atoms with Gasteiger partial charge in [0.05, 0.1) is 34.7 Å². The first-order valence-corrected chi connectivity index (χ1v) is 25.0. The zero-order chi connectivity index (χ0) is 44.1. The lowest BCUT2D eigenvalue weighted by atomic mass is 9.97. The van der Waals surface area contributed by atoms with Crippen molar-refractivity contribution in [3.8, 4) is 23.7 Å². The second-order valence-electron chi connectivity index (χ2n) is 18.2. The van der Waals surface area contributed by atoms with Crippen molar-refractivity contribution < 1.29 is 40.3 Å². The number of hydrogen-bond acceptors (Lipinski definition) is 7. The first-order valence-electron chi connectivity index (χ1n) is 21.7. The van der Waals surface area contributed by atoms with Crippen LogP contribution in [0.5, 0.6) is 0 Å². The van der Waals surface area contributed by atoms with E-state index in [2.05, 4.69) is 40.0 Å². The fraction of sp³-hybridized carbons (Fsp3) is 0.609. The summed E-state index contributed by atoms with van der Waals surface area (Å²) >= 11 is 0. The molecule has 5 aliphatic rings. The number of halogens is 2. The zero-order valence-electron chi connectivity index (χ0n) is 35.6. The smallest absolute Gasteiger partial charge is 0.251 e. The van der Waals surface area contributed by atoms with E-state index in [-0.39, 0.29) is 77.5 Å². The van der Waals surface area contributed by atoms with Crippen LogP contribution in [0.3, 0.4) is 0 Å². The largest absolute Gasteiger partial charge is 0.383 e. The van der Waals surface area contributed by atoms with E-state index < -0.39 is 73.3 Å². The van der Waals surface area contributed by atoms with Gasteiger partial charge in [0.15, 0.2) is 0 Å². The summed E-state index contributed by atoms with van der Waals surface area (Å²) in [7, 11) is -7.23. The first kappa shape index (κ1) is 45.2. The number of amides is 2. The third-order valence-electron chi connectivity index (χ3n) is 13.7. The Labute approximate surface area is 359 Å².